The van der Waals surface area contributed by atoms with Crippen LogP contribution in [0.1, 0.15) is 40.7 Å². The van der Waals surface area contributed by atoms with Crippen LogP contribution in [0.5, 0.6) is 5.75 Å². The number of rotatable bonds is 7. The largest absolute Gasteiger partial charge is 0.508 e. The molecule has 0 saturated heterocycles. The van der Waals surface area contributed by atoms with Crippen LogP contribution in [0.15, 0.2) is 91.0 Å². The fourth-order valence-corrected chi connectivity index (χ4v) is 4.28. The van der Waals surface area contributed by atoms with Crippen molar-refractivity contribution in [2.45, 2.75) is 32.6 Å². The van der Waals surface area contributed by atoms with Gasteiger partial charge < -0.3 is 5.11 Å². The zero-order chi connectivity index (χ0) is 23.4. The van der Waals surface area contributed by atoms with Crippen molar-refractivity contribution in [1.82, 2.24) is 0 Å². The van der Waals surface area contributed by atoms with Gasteiger partial charge in [0, 0.05) is 12.1 Å². The Morgan fingerprint density at radius 1 is 0.879 bits per heavy atom. The molecule has 166 valence electrons. The average Bonchev–Trinajstić information content (AvgIpc) is 2.81. The molecule has 1 N–H and O–H groups in total. The first kappa shape index (κ1) is 22.3. The van der Waals surface area contributed by atoms with Crippen molar-refractivity contribution in [2.75, 3.05) is 0 Å². The molecule has 0 aliphatic rings. The third-order valence-electron chi connectivity index (χ3n) is 6.18. The Balaban J connectivity index is 1.69. The smallest absolute Gasteiger partial charge is 0.269 e. The van der Waals surface area contributed by atoms with Crippen molar-refractivity contribution in [2.24, 2.45) is 0 Å². The van der Waals surface area contributed by atoms with Crippen LogP contribution in [0.2, 0.25) is 0 Å². The van der Waals surface area contributed by atoms with E-state index in [1.807, 2.05) is 43.3 Å². The number of non-ortho nitro benzene ring substituents is 1. The molecule has 4 aromatic rings. The summed E-state index contributed by atoms with van der Waals surface area (Å²) in [7, 11) is 0. The highest BCUT2D eigenvalue weighted by Gasteiger charge is 2.14. The quantitative estimate of drug-likeness (QED) is 0.245. The van der Waals surface area contributed by atoms with Gasteiger partial charge in [0.15, 0.2) is 0 Å². The average molecular weight is 438 g/mol. The van der Waals surface area contributed by atoms with Crippen molar-refractivity contribution in [1.29, 1.82) is 0 Å². The van der Waals surface area contributed by atoms with Gasteiger partial charge in [-0.1, -0.05) is 61.5 Å². The first-order chi connectivity index (χ1) is 15.9. The maximum absolute atomic E-state index is 11.1. The van der Waals surface area contributed by atoms with Crippen molar-refractivity contribution < 1.29 is 10.0 Å². The number of nitro benzene ring substituents is 1. The van der Waals surface area contributed by atoms with Crippen LogP contribution in [0.3, 0.4) is 0 Å². The SMILES string of the molecule is Cc1cc(O)ccc1CC(C)c1ccc(-c2ccc([N+](=O)[O-])cc2)c(Cc2ccccc2)c1. The Labute approximate surface area is 194 Å². The van der Waals surface area contributed by atoms with E-state index in [0.717, 1.165) is 29.5 Å². The van der Waals surface area contributed by atoms with Crippen LogP contribution in [0.4, 0.5) is 5.69 Å². The molecule has 0 saturated carbocycles. The van der Waals surface area contributed by atoms with Gasteiger partial charge in [-0.2, -0.15) is 0 Å². The lowest BCUT2D eigenvalue weighted by molar-refractivity contribution is -0.384. The second-order valence-electron chi connectivity index (χ2n) is 8.60. The van der Waals surface area contributed by atoms with E-state index in [2.05, 4.69) is 37.3 Å². The van der Waals surface area contributed by atoms with Gasteiger partial charge in [0.25, 0.3) is 5.69 Å². The number of phenols is 1. The van der Waals surface area contributed by atoms with E-state index < -0.39 is 0 Å². The Morgan fingerprint density at radius 2 is 1.61 bits per heavy atom. The summed E-state index contributed by atoms with van der Waals surface area (Å²) in [6, 6.07) is 29.2. The van der Waals surface area contributed by atoms with Gasteiger partial charge in [0.05, 0.1) is 4.92 Å². The van der Waals surface area contributed by atoms with Crippen LogP contribution in [0, 0.1) is 17.0 Å². The molecule has 0 aliphatic carbocycles. The van der Waals surface area contributed by atoms with E-state index in [9.17, 15) is 15.2 Å². The molecule has 0 bridgehead atoms. The lowest BCUT2D eigenvalue weighted by Crippen LogP contribution is -2.02. The minimum atomic E-state index is -0.370. The first-order valence-corrected chi connectivity index (χ1v) is 11.1. The minimum absolute atomic E-state index is 0.0952. The number of nitrogens with zero attached hydrogens (tertiary/aromatic N) is 1. The molecule has 4 rings (SSSR count). The van der Waals surface area contributed by atoms with Gasteiger partial charge in [-0.25, -0.2) is 0 Å². The first-order valence-electron chi connectivity index (χ1n) is 11.1. The number of hydrogen-bond acceptors (Lipinski definition) is 3. The van der Waals surface area contributed by atoms with Crippen molar-refractivity contribution in [3.63, 3.8) is 0 Å². The zero-order valence-electron chi connectivity index (χ0n) is 18.9. The second kappa shape index (κ2) is 9.70. The third-order valence-corrected chi connectivity index (χ3v) is 6.18. The van der Waals surface area contributed by atoms with Gasteiger partial charge in [0.1, 0.15) is 5.75 Å². The predicted octanol–water partition coefficient (Wildman–Crippen LogP) is 7.21. The maximum atomic E-state index is 11.1. The molecule has 1 unspecified atom stereocenters. The lowest BCUT2D eigenvalue weighted by atomic mass is 9.87. The van der Waals surface area contributed by atoms with Gasteiger partial charge >= 0.3 is 0 Å². The Bertz CT molecular complexity index is 1260. The van der Waals surface area contributed by atoms with E-state index in [1.54, 1.807) is 24.3 Å². The number of benzene rings is 4. The van der Waals surface area contributed by atoms with Crippen molar-refractivity contribution in [3.8, 4) is 16.9 Å². The summed E-state index contributed by atoms with van der Waals surface area (Å²) in [4.78, 5) is 10.7. The third kappa shape index (κ3) is 5.29. The summed E-state index contributed by atoms with van der Waals surface area (Å²) in [6.45, 7) is 4.25. The van der Waals surface area contributed by atoms with E-state index in [4.69, 9.17) is 0 Å². The van der Waals surface area contributed by atoms with E-state index in [0.29, 0.717) is 11.7 Å². The van der Waals surface area contributed by atoms with E-state index >= 15 is 0 Å². The van der Waals surface area contributed by atoms with Gasteiger partial charge in [-0.3, -0.25) is 10.1 Å². The molecule has 0 amide bonds. The molecule has 0 aromatic heterocycles. The highest BCUT2D eigenvalue weighted by molar-refractivity contribution is 5.69. The fraction of sp³-hybridized carbons (Fsp3) is 0.172. The Hall–Kier alpha value is -3.92. The van der Waals surface area contributed by atoms with Gasteiger partial charge in [0.2, 0.25) is 0 Å². The van der Waals surface area contributed by atoms with E-state index in [1.165, 1.54) is 22.3 Å². The predicted molar refractivity (Wildman–Crippen MR) is 133 cm³/mol. The fourth-order valence-electron chi connectivity index (χ4n) is 4.28. The van der Waals surface area contributed by atoms with Crippen LogP contribution in [-0.4, -0.2) is 10.0 Å². The molecule has 0 spiro atoms. The highest BCUT2D eigenvalue weighted by atomic mass is 16.6. The summed E-state index contributed by atoms with van der Waals surface area (Å²) in [6.07, 6.45) is 1.67. The van der Waals surface area contributed by atoms with Crippen LogP contribution in [-0.2, 0) is 12.8 Å². The molecule has 0 fully saturated rings. The summed E-state index contributed by atoms with van der Waals surface area (Å²) < 4.78 is 0. The molecule has 1 atom stereocenters. The molecular formula is C29H27NO3. The normalized spacial score (nSPS) is 11.8. The summed E-state index contributed by atoms with van der Waals surface area (Å²) in [5, 5.41) is 20.8. The van der Waals surface area contributed by atoms with Crippen LogP contribution in [0.25, 0.3) is 11.1 Å². The van der Waals surface area contributed by atoms with Crippen molar-refractivity contribution >= 4 is 5.69 Å². The number of hydrogen-bond donors (Lipinski definition) is 1. The second-order valence-corrected chi connectivity index (χ2v) is 8.60. The molecule has 33 heavy (non-hydrogen) atoms. The van der Waals surface area contributed by atoms with Gasteiger partial charge in [-0.15, -0.1) is 0 Å². The Morgan fingerprint density at radius 3 is 2.27 bits per heavy atom. The minimum Gasteiger partial charge on any atom is -0.508 e. The van der Waals surface area contributed by atoms with Crippen molar-refractivity contribution in [3.05, 3.63) is 129 Å². The topological polar surface area (TPSA) is 63.4 Å². The molecule has 0 radical (unpaired) electrons. The maximum Gasteiger partial charge on any atom is 0.269 e. The zero-order valence-corrected chi connectivity index (χ0v) is 18.9. The number of phenolic OH excluding ortho intramolecular Hbond substituents is 1. The molecule has 4 nitrogen and oxygen atoms in total. The summed E-state index contributed by atoms with van der Waals surface area (Å²) in [5.41, 5.74) is 8.14. The molecule has 0 heterocycles. The number of aryl methyl sites for hydroxylation is 1. The summed E-state index contributed by atoms with van der Waals surface area (Å²) >= 11 is 0. The van der Waals surface area contributed by atoms with Crippen LogP contribution < -0.4 is 0 Å². The number of nitro groups is 1. The van der Waals surface area contributed by atoms with Gasteiger partial charge in [-0.05, 0) is 88.9 Å². The lowest BCUT2D eigenvalue weighted by Gasteiger charge is -2.18. The molecule has 4 heteroatoms. The molecular weight excluding hydrogens is 410 g/mol. The number of aromatic hydroxyl groups is 1. The molecule has 0 aliphatic heterocycles. The molecule has 4 aromatic carbocycles. The standard InChI is InChI=1S/C29H27NO3/c1-20(16-24-10-14-28(31)17-21(24)2)25-11-15-29(23-8-12-27(13-9-23)30(32)33)26(19-25)18-22-6-4-3-5-7-22/h3-15,17,19-20,31H,16,18H2,1-2H3. The van der Waals surface area contributed by atoms with Crippen LogP contribution >= 0.6 is 0 Å². The monoisotopic (exact) mass is 437 g/mol. The van der Waals surface area contributed by atoms with E-state index in [-0.39, 0.29) is 10.6 Å². The highest BCUT2D eigenvalue weighted by Crippen LogP contribution is 2.32. The summed E-state index contributed by atoms with van der Waals surface area (Å²) in [5.74, 6) is 0.593. The Kier molecular flexibility index (Phi) is 6.55.